The van der Waals surface area contributed by atoms with Gasteiger partial charge in [0.25, 0.3) is 0 Å². The molecule has 7 nitrogen and oxygen atoms in total. The van der Waals surface area contributed by atoms with Gasteiger partial charge < -0.3 is 21.5 Å². The van der Waals surface area contributed by atoms with Crippen molar-refractivity contribution < 1.29 is 26.7 Å². The summed E-state index contributed by atoms with van der Waals surface area (Å²) in [5.74, 6) is -0.679. The zero-order chi connectivity index (χ0) is 21.7. The number of aliphatic hydroxyl groups is 1. The SMILES string of the molecule is N=C(N)c1ccc(NCC(O)CNCS(=O)(=O)c2cccc(C(F)(F)F)c2)cc1. The molecule has 0 saturated heterocycles. The zero-order valence-corrected chi connectivity index (χ0v) is 16.0. The number of nitrogens with two attached hydrogens (primary N) is 1. The Hall–Kier alpha value is -2.63. The lowest BCUT2D eigenvalue weighted by Gasteiger charge is -2.14. The van der Waals surface area contributed by atoms with Crippen molar-refractivity contribution in [2.24, 2.45) is 5.73 Å². The molecule has 1 atom stereocenters. The van der Waals surface area contributed by atoms with E-state index in [9.17, 15) is 26.7 Å². The molecule has 0 spiro atoms. The van der Waals surface area contributed by atoms with Gasteiger partial charge in [-0.25, -0.2) is 8.42 Å². The highest BCUT2D eigenvalue weighted by Gasteiger charge is 2.31. The number of nitrogens with one attached hydrogen (secondary N) is 3. The lowest BCUT2D eigenvalue weighted by Crippen LogP contribution is -2.35. The molecule has 0 amide bonds. The first kappa shape index (κ1) is 22.7. The van der Waals surface area contributed by atoms with Crippen LogP contribution in [-0.2, 0) is 16.0 Å². The standard InChI is InChI=1S/C18H21F3N4O3S/c19-18(20,21)13-2-1-3-16(8-13)29(27,28)11-24-9-15(26)10-25-14-6-4-12(5-7-14)17(22)23/h1-8,15,24-26H,9-11H2,(H3,22,23). The third kappa shape index (κ3) is 6.73. The van der Waals surface area contributed by atoms with Crippen LogP contribution in [0.25, 0.3) is 0 Å². The van der Waals surface area contributed by atoms with Crippen molar-refractivity contribution in [2.45, 2.75) is 17.2 Å². The molecular formula is C18H21F3N4O3S. The molecule has 1 unspecified atom stereocenters. The quantitative estimate of drug-likeness (QED) is 0.305. The Kier molecular flexibility index (Phi) is 7.22. The molecule has 0 saturated carbocycles. The van der Waals surface area contributed by atoms with Crippen LogP contribution in [0.1, 0.15) is 11.1 Å². The second-order valence-electron chi connectivity index (χ2n) is 6.26. The molecule has 0 radical (unpaired) electrons. The molecule has 2 aromatic carbocycles. The number of halogens is 3. The van der Waals surface area contributed by atoms with E-state index in [0.717, 1.165) is 18.2 Å². The fourth-order valence-electron chi connectivity index (χ4n) is 2.38. The van der Waals surface area contributed by atoms with Gasteiger partial charge in [0.15, 0.2) is 9.84 Å². The van der Waals surface area contributed by atoms with Crippen molar-refractivity contribution >= 4 is 21.4 Å². The maximum absolute atomic E-state index is 12.7. The molecule has 158 valence electrons. The van der Waals surface area contributed by atoms with Gasteiger partial charge in [-0.3, -0.25) is 5.41 Å². The molecule has 2 aromatic rings. The average molecular weight is 430 g/mol. The highest BCUT2D eigenvalue weighted by molar-refractivity contribution is 7.91. The predicted molar refractivity (Wildman–Crippen MR) is 103 cm³/mol. The van der Waals surface area contributed by atoms with Gasteiger partial charge in [-0.2, -0.15) is 13.2 Å². The van der Waals surface area contributed by atoms with Crippen LogP contribution in [0.4, 0.5) is 18.9 Å². The number of benzene rings is 2. The number of anilines is 1. The fraction of sp³-hybridized carbons (Fsp3) is 0.278. The van der Waals surface area contributed by atoms with E-state index < -0.39 is 38.5 Å². The largest absolute Gasteiger partial charge is 0.416 e. The summed E-state index contributed by atoms with van der Waals surface area (Å²) in [7, 11) is -3.99. The summed E-state index contributed by atoms with van der Waals surface area (Å²) >= 11 is 0. The highest BCUT2D eigenvalue weighted by atomic mass is 32.2. The van der Waals surface area contributed by atoms with Crippen LogP contribution in [0.2, 0.25) is 0 Å². The van der Waals surface area contributed by atoms with Gasteiger partial charge >= 0.3 is 6.18 Å². The first-order valence-electron chi connectivity index (χ1n) is 8.46. The second kappa shape index (κ2) is 9.25. The number of amidine groups is 1. The van der Waals surface area contributed by atoms with Gasteiger partial charge in [0.05, 0.1) is 16.6 Å². The highest BCUT2D eigenvalue weighted by Crippen LogP contribution is 2.30. The van der Waals surface area contributed by atoms with Crippen LogP contribution in [0.15, 0.2) is 53.4 Å². The van der Waals surface area contributed by atoms with E-state index in [1.165, 1.54) is 0 Å². The van der Waals surface area contributed by atoms with Crippen LogP contribution >= 0.6 is 0 Å². The van der Waals surface area contributed by atoms with Crippen molar-refractivity contribution in [1.82, 2.24) is 5.32 Å². The van der Waals surface area contributed by atoms with Crippen molar-refractivity contribution in [3.05, 3.63) is 59.7 Å². The monoisotopic (exact) mass is 430 g/mol. The molecule has 0 aliphatic rings. The Morgan fingerprint density at radius 1 is 1.14 bits per heavy atom. The second-order valence-corrected chi connectivity index (χ2v) is 8.25. The normalized spacial score (nSPS) is 13.1. The maximum atomic E-state index is 12.7. The van der Waals surface area contributed by atoms with E-state index in [0.29, 0.717) is 17.3 Å². The van der Waals surface area contributed by atoms with Crippen molar-refractivity contribution in [1.29, 1.82) is 5.41 Å². The molecule has 11 heteroatoms. The van der Waals surface area contributed by atoms with Crippen molar-refractivity contribution in [3.63, 3.8) is 0 Å². The summed E-state index contributed by atoms with van der Waals surface area (Å²) < 4.78 is 62.6. The first-order valence-corrected chi connectivity index (χ1v) is 10.1. The van der Waals surface area contributed by atoms with Gasteiger partial charge in [-0.15, -0.1) is 0 Å². The fourth-order valence-corrected chi connectivity index (χ4v) is 3.53. The van der Waals surface area contributed by atoms with Crippen LogP contribution in [0.3, 0.4) is 0 Å². The van der Waals surface area contributed by atoms with Gasteiger partial charge in [-0.1, -0.05) is 6.07 Å². The lowest BCUT2D eigenvalue weighted by atomic mass is 10.2. The van der Waals surface area contributed by atoms with E-state index in [4.69, 9.17) is 11.1 Å². The molecule has 0 aromatic heterocycles. The number of sulfone groups is 1. The Balaban J connectivity index is 1.84. The Bertz CT molecular complexity index is 948. The third-order valence-electron chi connectivity index (χ3n) is 3.93. The minimum absolute atomic E-state index is 0.0669. The number of alkyl halides is 3. The van der Waals surface area contributed by atoms with Crippen LogP contribution in [0, 0.1) is 5.41 Å². The maximum Gasteiger partial charge on any atom is 0.416 e. The summed E-state index contributed by atoms with van der Waals surface area (Å²) in [6.07, 6.45) is -5.58. The van der Waals surface area contributed by atoms with Gasteiger partial charge in [0, 0.05) is 24.3 Å². The van der Waals surface area contributed by atoms with E-state index in [-0.39, 0.29) is 18.9 Å². The topological polar surface area (TPSA) is 128 Å². The molecule has 0 bridgehead atoms. The molecular weight excluding hydrogens is 409 g/mol. The first-order chi connectivity index (χ1) is 13.5. The Morgan fingerprint density at radius 3 is 2.38 bits per heavy atom. The van der Waals surface area contributed by atoms with Gasteiger partial charge in [0.1, 0.15) is 11.7 Å². The number of hydrogen-bond donors (Lipinski definition) is 5. The molecule has 0 heterocycles. The molecule has 0 aliphatic heterocycles. The van der Waals surface area contributed by atoms with Crippen LogP contribution in [0.5, 0.6) is 0 Å². The predicted octanol–water partition coefficient (Wildman–Crippen LogP) is 1.78. The van der Waals surface area contributed by atoms with Crippen LogP contribution in [-0.4, -0.2) is 44.4 Å². The summed E-state index contributed by atoms with van der Waals surface area (Å²) in [6, 6.07) is 10.1. The van der Waals surface area contributed by atoms with E-state index in [2.05, 4.69) is 10.6 Å². The Morgan fingerprint density at radius 2 is 1.79 bits per heavy atom. The molecule has 0 fully saturated rings. The molecule has 2 rings (SSSR count). The van der Waals surface area contributed by atoms with Crippen LogP contribution < -0.4 is 16.4 Å². The van der Waals surface area contributed by atoms with Gasteiger partial charge in [-0.05, 0) is 42.5 Å². The summed E-state index contributed by atoms with van der Waals surface area (Å²) in [4.78, 5) is -0.446. The number of nitrogen functional groups attached to an aromatic ring is 1. The molecule has 0 aliphatic carbocycles. The zero-order valence-electron chi connectivity index (χ0n) is 15.2. The summed E-state index contributed by atoms with van der Waals surface area (Å²) in [5, 5.41) is 22.7. The van der Waals surface area contributed by atoms with Gasteiger partial charge in [0.2, 0.25) is 0 Å². The average Bonchev–Trinajstić information content (AvgIpc) is 2.66. The summed E-state index contributed by atoms with van der Waals surface area (Å²) in [5.41, 5.74) is 5.54. The smallest absolute Gasteiger partial charge is 0.390 e. The van der Waals surface area contributed by atoms with Crippen molar-refractivity contribution in [2.75, 3.05) is 24.3 Å². The molecule has 6 N–H and O–H groups in total. The number of aliphatic hydroxyl groups excluding tert-OH is 1. The minimum atomic E-state index is -4.64. The number of rotatable bonds is 9. The van der Waals surface area contributed by atoms with E-state index >= 15 is 0 Å². The Labute approximate surface area is 166 Å². The third-order valence-corrected chi connectivity index (χ3v) is 5.49. The van der Waals surface area contributed by atoms with Crippen molar-refractivity contribution in [3.8, 4) is 0 Å². The molecule has 29 heavy (non-hydrogen) atoms. The summed E-state index contributed by atoms with van der Waals surface area (Å²) in [6.45, 7) is 0.0206. The lowest BCUT2D eigenvalue weighted by molar-refractivity contribution is -0.137. The minimum Gasteiger partial charge on any atom is -0.390 e. The van der Waals surface area contributed by atoms with E-state index in [1.807, 2.05) is 0 Å². The number of hydrogen-bond acceptors (Lipinski definition) is 6. The van der Waals surface area contributed by atoms with E-state index in [1.54, 1.807) is 24.3 Å².